The summed E-state index contributed by atoms with van der Waals surface area (Å²) in [7, 11) is -0.905. The van der Waals surface area contributed by atoms with Crippen LogP contribution in [0.25, 0.3) is 0 Å². The minimum absolute atomic E-state index is 0.0833. The van der Waals surface area contributed by atoms with Gasteiger partial charge in [-0.2, -0.15) is 0 Å². The van der Waals surface area contributed by atoms with Gasteiger partial charge in [-0.25, -0.2) is 18.4 Å². The lowest BCUT2D eigenvalue weighted by molar-refractivity contribution is 0.313. The first-order valence-electron chi connectivity index (χ1n) is 12.0. The van der Waals surface area contributed by atoms with Crippen LogP contribution in [0.2, 0.25) is 5.02 Å². The number of hydrogen-bond acceptors (Lipinski definition) is 7. The first-order valence-corrected chi connectivity index (χ1v) is 14.1. The molecule has 2 aromatic carbocycles. The summed E-state index contributed by atoms with van der Waals surface area (Å²) in [6.07, 6.45) is 3.67. The Morgan fingerprint density at radius 3 is 2.46 bits per heavy atom. The van der Waals surface area contributed by atoms with E-state index in [-0.39, 0.29) is 11.0 Å². The number of halogens is 1. The predicted octanol–water partition coefficient (Wildman–Crippen LogP) is 4.29. The first kappa shape index (κ1) is 24.0. The maximum Gasteiger partial charge on any atom is 0.227 e. The second kappa shape index (κ2) is 10.1. The first-order chi connectivity index (χ1) is 16.9. The van der Waals surface area contributed by atoms with Crippen LogP contribution in [0.5, 0.6) is 0 Å². The number of sulfone groups is 1. The van der Waals surface area contributed by atoms with E-state index >= 15 is 0 Å². The molecule has 2 fully saturated rings. The maximum atomic E-state index is 12.4. The molecule has 0 radical (unpaired) electrons. The third-order valence-electron chi connectivity index (χ3n) is 6.57. The molecule has 1 aliphatic heterocycles. The summed E-state index contributed by atoms with van der Waals surface area (Å²) >= 11 is 6.40. The zero-order chi connectivity index (χ0) is 24.4. The van der Waals surface area contributed by atoms with E-state index < -0.39 is 9.84 Å². The summed E-state index contributed by atoms with van der Waals surface area (Å²) in [5, 5.41) is 3.59. The van der Waals surface area contributed by atoms with Crippen LogP contribution in [0.4, 0.5) is 17.3 Å². The average molecular weight is 512 g/mol. The van der Waals surface area contributed by atoms with E-state index in [4.69, 9.17) is 11.6 Å². The molecule has 0 amide bonds. The van der Waals surface area contributed by atoms with Crippen molar-refractivity contribution in [2.24, 2.45) is 0 Å². The van der Waals surface area contributed by atoms with Crippen molar-refractivity contribution in [2.75, 3.05) is 43.4 Å². The van der Waals surface area contributed by atoms with Gasteiger partial charge in [-0.1, -0.05) is 35.9 Å². The minimum Gasteiger partial charge on any atom is -0.369 e. The van der Waals surface area contributed by atoms with Gasteiger partial charge in [-0.3, -0.25) is 0 Å². The van der Waals surface area contributed by atoms with Gasteiger partial charge in [0, 0.05) is 44.0 Å². The summed E-state index contributed by atoms with van der Waals surface area (Å²) in [6, 6.07) is 16.0. The SMILES string of the molecule is CN1CCN(c2ccc(Nc3ncc(Cl)c(Cc4cccc(CS(=O)(=O)C5CC5)c4)n3)cc2)CC1. The summed E-state index contributed by atoms with van der Waals surface area (Å²) in [5.74, 6) is 0.559. The molecule has 0 unspecified atom stereocenters. The molecule has 1 aromatic heterocycles. The van der Waals surface area contributed by atoms with E-state index in [2.05, 4.69) is 44.3 Å². The van der Waals surface area contributed by atoms with E-state index in [9.17, 15) is 8.42 Å². The van der Waals surface area contributed by atoms with Crippen LogP contribution in [0.15, 0.2) is 54.7 Å². The van der Waals surface area contributed by atoms with Crippen LogP contribution in [0, 0.1) is 0 Å². The Bertz CT molecular complexity index is 1290. The molecule has 1 aliphatic carbocycles. The molecule has 2 heterocycles. The molecule has 35 heavy (non-hydrogen) atoms. The molecule has 3 aromatic rings. The van der Waals surface area contributed by atoms with Gasteiger partial charge in [0.15, 0.2) is 9.84 Å². The molecule has 7 nitrogen and oxygen atoms in total. The summed E-state index contributed by atoms with van der Waals surface area (Å²) < 4.78 is 24.7. The highest BCUT2D eigenvalue weighted by atomic mass is 35.5. The van der Waals surface area contributed by atoms with Gasteiger partial charge in [0.05, 0.1) is 27.9 Å². The highest BCUT2D eigenvalue weighted by Gasteiger charge is 2.35. The van der Waals surface area contributed by atoms with Gasteiger partial charge in [0.25, 0.3) is 0 Å². The van der Waals surface area contributed by atoms with E-state index in [1.54, 1.807) is 6.20 Å². The second-order valence-electron chi connectivity index (χ2n) is 9.45. The van der Waals surface area contributed by atoms with Crippen LogP contribution in [-0.2, 0) is 22.0 Å². The Hall–Kier alpha value is -2.68. The number of benzene rings is 2. The van der Waals surface area contributed by atoms with Crippen molar-refractivity contribution in [1.82, 2.24) is 14.9 Å². The Morgan fingerprint density at radius 1 is 1.03 bits per heavy atom. The van der Waals surface area contributed by atoms with Crippen molar-refractivity contribution in [3.63, 3.8) is 0 Å². The molecule has 2 aliphatic rings. The fraction of sp³-hybridized carbons (Fsp3) is 0.385. The Morgan fingerprint density at radius 2 is 1.74 bits per heavy atom. The van der Waals surface area contributed by atoms with E-state index in [1.807, 2.05) is 36.4 Å². The Balaban J connectivity index is 1.26. The molecule has 0 spiro atoms. The standard InChI is InChI=1S/C26H30ClN5O2S/c1-31-11-13-32(14-12-31)22-7-5-21(6-8-22)29-26-28-17-24(27)25(30-26)16-19-3-2-4-20(15-19)18-35(33,34)23-9-10-23/h2-8,15,17,23H,9-14,16,18H2,1H3,(H,28,29,30). The normalized spacial score (nSPS) is 16.9. The lowest BCUT2D eigenvalue weighted by Gasteiger charge is -2.34. The van der Waals surface area contributed by atoms with Crippen molar-refractivity contribution >= 4 is 38.8 Å². The molecular weight excluding hydrogens is 482 g/mol. The van der Waals surface area contributed by atoms with Crippen molar-refractivity contribution in [2.45, 2.75) is 30.3 Å². The smallest absolute Gasteiger partial charge is 0.227 e. The van der Waals surface area contributed by atoms with Crippen LogP contribution in [0.3, 0.4) is 0 Å². The number of anilines is 3. The van der Waals surface area contributed by atoms with E-state index in [0.29, 0.717) is 23.1 Å². The molecule has 1 saturated carbocycles. The topological polar surface area (TPSA) is 78.4 Å². The monoisotopic (exact) mass is 511 g/mol. The number of nitrogens with zero attached hydrogens (tertiary/aromatic N) is 4. The zero-order valence-electron chi connectivity index (χ0n) is 19.8. The molecule has 0 atom stereocenters. The lowest BCUT2D eigenvalue weighted by Crippen LogP contribution is -2.44. The van der Waals surface area contributed by atoms with Gasteiger partial charge in [-0.05, 0) is 55.3 Å². The second-order valence-corrected chi connectivity index (χ2v) is 12.1. The van der Waals surface area contributed by atoms with E-state index in [0.717, 1.165) is 55.8 Å². The van der Waals surface area contributed by atoms with Gasteiger partial charge < -0.3 is 15.1 Å². The number of piperazine rings is 1. The van der Waals surface area contributed by atoms with Crippen molar-refractivity contribution in [3.05, 3.63) is 76.6 Å². The van der Waals surface area contributed by atoms with E-state index in [1.165, 1.54) is 5.69 Å². The van der Waals surface area contributed by atoms with Crippen LogP contribution >= 0.6 is 11.6 Å². The fourth-order valence-electron chi connectivity index (χ4n) is 4.34. The summed E-state index contributed by atoms with van der Waals surface area (Å²) in [6.45, 7) is 4.20. The quantitative estimate of drug-likeness (QED) is 0.483. The number of aromatic nitrogens is 2. The Kier molecular flexibility index (Phi) is 6.95. The van der Waals surface area contributed by atoms with Gasteiger partial charge in [-0.15, -0.1) is 0 Å². The highest BCUT2D eigenvalue weighted by molar-refractivity contribution is 7.91. The Labute approximate surface area is 212 Å². The fourth-order valence-corrected chi connectivity index (χ4v) is 6.23. The molecule has 1 saturated heterocycles. The van der Waals surface area contributed by atoms with Gasteiger partial charge in [0.2, 0.25) is 5.95 Å². The molecular formula is C26H30ClN5O2S. The minimum atomic E-state index is -3.06. The van der Waals surface area contributed by atoms with Crippen molar-refractivity contribution in [3.8, 4) is 0 Å². The maximum absolute atomic E-state index is 12.4. The zero-order valence-corrected chi connectivity index (χ0v) is 21.4. The summed E-state index contributed by atoms with van der Waals surface area (Å²) in [4.78, 5) is 13.7. The third kappa shape index (κ3) is 6.12. The summed E-state index contributed by atoms with van der Waals surface area (Å²) in [5.41, 5.74) is 4.59. The number of nitrogens with one attached hydrogen (secondary N) is 1. The van der Waals surface area contributed by atoms with Gasteiger partial charge in [0.1, 0.15) is 0 Å². The average Bonchev–Trinajstić information content (AvgIpc) is 3.69. The molecule has 9 heteroatoms. The molecule has 1 N–H and O–H groups in total. The van der Waals surface area contributed by atoms with Crippen LogP contribution < -0.4 is 10.2 Å². The largest absolute Gasteiger partial charge is 0.369 e. The highest BCUT2D eigenvalue weighted by Crippen LogP contribution is 2.31. The predicted molar refractivity (Wildman–Crippen MR) is 141 cm³/mol. The molecule has 0 bridgehead atoms. The number of rotatable bonds is 8. The number of likely N-dealkylation sites (N-methyl/N-ethyl adjacent to an activating group) is 1. The van der Waals surface area contributed by atoms with Gasteiger partial charge >= 0.3 is 0 Å². The number of hydrogen-bond donors (Lipinski definition) is 1. The molecule has 184 valence electrons. The molecule has 5 rings (SSSR count). The third-order valence-corrected chi connectivity index (χ3v) is 9.11. The lowest BCUT2D eigenvalue weighted by atomic mass is 10.1. The van der Waals surface area contributed by atoms with Crippen molar-refractivity contribution < 1.29 is 8.42 Å². The van der Waals surface area contributed by atoms with Crippen LogP contribution in [-0.4, -0.2) is 61.8 Å². The van der Waals surface area contributed by atoms with Crippen LogP contribution in [0.1, 0.15) is 29.7 Å². The van der Waals surface area contributed by atoms with Crippen molar-refractivity contribution in [1.29, 1.82) is 0 Å².